The number of ether oxygens (including phenoxy) is 1. The summed E-state index contributed by atoms with van der Waals surface area (Å²) in [7, 11) is 1.56. The average molecular weight is 289 g/mol. The predicted molar refractivity (Wildman–Crippen MR) is 83.2 cm³/mol. The van der Waals surface area contributed by atoms with Gasteiger partial charge in [-0.15, -0.1) is 11.3 Å². The molecule has 0 saturated heterocycles. The molecule has 0 unspecified atom stereocenters. The Balaban J connectivity index is 2.37. The lowest BCUT2D eigenvalue weighted by molar-refractivity contribution is 0.0876. The molecule has 4 heteroatoms. The van der Waals surface area contributed by atoms with Crippen LogP contribution in [0.5, 0.6) is 0 Å². The van der Waals surface area contributed by atoms with Crippen molar-refractivity contribution in [2.75, 3.05) is 13.8 Å². The first-order valence-corrected chi connectivity index (χ1v) is 7.44. The number of amides is 1. The SMILES string of the molecule is CCc1sc(C(=O)NCOC)cc1-c1ccccc1C. The van der Waals surface area contributed by atoms with Gasteiger partial charge < -0.3 is 10.1 Å². The van der Waals surface area contributed by atoms with E-state index in [2.05, 4.69) is 31.3 Å². The second kappa shape index (κ2) is 6.68. The van der Waals surface area contributed by atoms with Crippen LogP contribution in [0.25, 0.3) is 11.1 Å². The molecule has 106 valence electrons. The number of methoxy groups -OCH3 is 1. The van der Waals surface area contributed by atoms with Gasteiger partial charge in [0.25, 0.3) is 5.91 Å². The van der Waals surface area contributed by atoms with Crippen molar-refractivity contribution in [2.45, 2.75) is 20.3 Å². The summed E-state index contributed by atoms with van der Waals surface area (Å²) in [6.45, 7) is 4.44. The molecule has 0 saturated carbocycles. The highest BCUT2D eigenvalue weighted by molar-refractivity contribution is 7.14. The fraction of sp³-hybridized carbons (Fsp3) is 0.312. The molecule has 0 spiro atoms. The van der Waals surface area contributed by atoms with Crippen molar-refractivity contribution < 1.29 is 9.53 Å². The second-order valence-corrected chi connectivity index (χ2v) is 5.69. The first kappa shape index (κ1) is 14.8. The van der Waals surface area contributed by atoms with Gasteiger partial charge in [0.15, 0.2) is 0 Å². The maximum Gasteiger partial charge on any atom is 0.263 e. The molecular formula is C16H19NO2S. The van der Waals surface area contributed by atoms with Gasteiger partial charge in [-0.05, 0) is 36.1 Å². The molecule has 1 N–H and O–H groups in total. The Hall–Kier alpha value is -1.65. The van der Waals surface area contributed by atoms with E-state index in [0.29, 0.717) is 0 Å². The van der Waals surface area contributed by atoms with Gasteiger partial charge >= 0.3 is 0 Å². The fourth-order valence-corrected chi connectivity index (χ4v) is 3.16. The number of carbonyl (C=O) groups is 1. The lowest BCUT2D eigenvalue weighted by Crippen LogP contribution is -2.24. The van der Waals surface area contributed by atoms with E-state index < -0.39 is 0 Å². The van der Waals surface area contributed by atoms with Crippen LogP contribution in [-0.4, -0.2) is 19.7 Å². The topological polar surface area (TPSA) is 38.3 Å². The minimum Gasteiger partial charge on any atom is -0.364 e. The third-order valence-electron chi connectivity index (χ3n) is 3.17. The standard InChI is InChI=1S/C16H19NO2S/c1-4-14-13(12-8-6-5-7-11(12)2)9-15(20-14)16(18)17-10-19-3/h5-9H,4,10H2,1-3H3,(H,17,18). The van der Waals surface area contributed by atoms with Gasteiger partial charge in [0.2, 0.25) is 0 Å². The number of hydrogen-bond donors (Lipinski definition) is 1. The van der Waals surface area contributed by atoms with E-state index in [1.54, 1.807) is 18.4 Å². The minimum absolute atomic E-state index is 0.0774. The van der Waals surface area contributed by atoms with Gasteiger partial charge in [0.05, 0.1) is 4.88 Å². The zero-order valence-electron chi connectivity index (χ0n) is 12.0. The van der Waals surface area contributed by atoms with Gasteiger partial charge in [-0.1, -0.05) is 31.2 Å². The highest BCUT2D eigenvalue weighted by Crippen LogP contribution is 2.33. The summed E-state index contributed by atoms with van der Waals surface area (Å²) < 4.78 is 4.87. The van der Waals surface area contributed by atoms with E-state index in [9.17, 15) is 4.79 Å². The fourth-order valence-electron chi connectivity index (χ4n) is 2.13. The van der Waals surface area contributed by atoms with Crippen molar-refractivity contribution in [3.05, 3.63) is 45.6 Å². The summed E-state index contributed by atoms with van der Waals surface area (Å²) in [6, 6.07) is 10.2. The number of carbonyl (C=O) groups excluding carboxylic acids is 1. The molecule has 0 bridgehead atoms. The Labute approximate surface area is 123 Å². The maximum absolute atomic E-state index is 12.0. The van der Waals surface area contributed by atoms with Crippen LogP contribution in [0, 0.1) is 6.92 Å². The monoisotopic (exact) mass is 289 g/mol. The van der Waals surface area contributed by atoms with Gasteiger partial charge in [0, 0.05) is 12.0 Å². The number of benzene rings is 1. The molecule has 2 aromatic rings. The van der Waals surface area contributed by atoms with E-state index in [1.807, 2.05) is 18.2 Å². The Morgan fingerprint density at radius 1 is 1.30 bits per heavy atom. The molecular weight excluding hydrogens is 270 g/mol. The molecule has 0 aliphatic carbocycles. The molecule has 20 heavy (non-hydrogen) atoms. The molecule has 0 fully saturated rings. The zero-order valence-corrected chi connectivity index (χ0v) is 12.8. The van der Waals surface area contributed by atoms with Crippen LogP contribution in [0.15, 0.2) is 30.3 Å². The van der Waals surface area contributed by atoms with E-state index in [-0.39, 0.29) is 12.6 Å². The van der Waals surface area contributed by atoms with Crippen LogP contribution >= 0.6 is 11.3 Å². The van der Waals surface area contributed by atoms with Gasteiger partial charge in [-0.2, -0.15) is 0 Å². The van der Waals surface area contributed by atoms with E-state index in [4.69, 9.17) is 4.74 Å². The molecule has 0 atom stereocenters. The molecule has 0 aliphatic heterocycles. The Bertz CT molecular complexity index is 604. The number of rotatable bonds is 5. The van der Waals surface area contributed by atoms with Crippen molar-refractivity contribution in [2.24, 2.45) is 0 Å². The third kappa shape index (κ3) is 3.08. The highest BCUT2D eigenvalue weighted by atomic mass is 32.1. The van der Waals surface area contributed by atoms with Crippen molar-refractivity contribution in [1.29, 1.82) is 0 Å². The van der Waals surface area contributed by atoms with Crippen LogP contribution in [0.4, 0.5) is 0 Å². The number of hydrogen-bond acceptors (Lipinski definition) is 3. The Morgan fingerprint density at radius 3 is 2.70 bits per heavy atom. The van der Waals surface area contributed by atoms with Crippen LogP contribution in [0.1, 0.15) is 27.0 Å². The zero-order chi connectivity index (χ0) is 14.5. The largest absolute Gasteiger partial charge is 0.364 e. The number of thiophene rings is 1. The molecule has 1 heterocycles. The van der Waals surface area contributed by atoms with E-state index in [1.165, 1.54) is 16.0 Å². The molecule has 0 aliphatic rings. The lowest BCUT2D eigenvalue weighted by atomic mass is 10.0. The van der Waals surface area contributed by atoms with Gasteiger partial charge in [-0.25, -0.2) is 0 Å². The minimum atomic E-state index is -0.0774. The molecule has 2 rings (SSSR count). The van der Waals surface area contributed by atoms with Gasteiger partial charge in [-0.3, -0.25) is 4.79 Å². The predicted octanol–water partition coefficient (Wildman–Crippen LogP) is 3.62. The van der Waals surface area contributed by atoms with Gasteiger partial charge in [0.1, 0.15) is 6.73 Å². The Morgan fingerprint density at radius 2 is 2.05 bits per heavy atom. The average Bonchev–Trinajstić information content (AvgIpc) is 2.89. The first-order chi connectivity index (χ1) is 9.67. The summed E-state index contributed by atoms with van der Waals surface area (Å²) >= 11 is 1.55. The molecule has 3 nitrogen and oxygen atoms in total. The smallest absolute Gasteiger partial charge is 0.263 e. The number of aryl methyl sites for hydroxylation is 2. The second-order valence-electron chi connectivity index (χ2n) is 4.55. The van der Waals surface area contributed by atoms with E-state index >= 15 is 0 Å². The first-order valence-electron chi connectivity index (χ1n) is 6.63. The lowest BCUT2D eigenvalue weighted by Gasteiger charge is -2.05. The normalized spacial score (nSPS) is 10.6. The molecule has 1 aromatic carbocycles. The molecule has 1 aromatic heterocycles. The summed E-state index contributed by atoms with van der Waals surface area (Å²) in [6.07, 6.45) is 0.923. The van der Waals surface area contributed by atoms with Crippen LogP contribution < -0.4 is 5.32 Å². The summed E-state index contributed by atoms with van der Waals surface area (Å²) in [5.41, 5.74) is 3.59. The van der Waals surface area contributed by atoms with Crippen LogP contribution in [-0.2, 0) is 11.2 Å². The maximum atomic E-state index is 12.0. The Kier molecular flexibility index (Phi) is 4.93. The molecule has 0 radical (unpaired) electrons. The summed E-state index contributed by atoms with van der Waals surface area (Å²) in [5.74, 6) is -0.0774. The number of nitrogens with one attached hydrogen (secondary N) is 1. The van der Waals surface area contributed by atoms with Crippen LogP contribution in [0.2, 0.25) is 0 Å². The van der Waals surface area contributed by atoms with E-state index in [0.717, 1.165) is 16.9 Å². The highest BCUT2D eigenvalue weighted by Gasteiger charge is 2.15. The summed E-state index contributed by atoms with van der Waals surface area (Å²) in [4.78, 5) is 14.0. The quantitative estimate of drug-likeness (QED) is 0.854. The van der Waals surface area contributed by atoms with Crippen molar-refractivity contribution in [3.8, 4) is 11.1 Å². The van der Waals surface area contributed by atoms with Crippen molar-refractivity contribution in [3.63, 3.8) is 0 Å². The van der Waals surface area contributed by atoms with Crippen LogP contribution in [0.3, 0.4) is 0 Å². The van der Waals surface area contributed by atoms with Crippen molar-refractivity contribution in [1.82, 2.24) is 5.32 Å². The molecule has 1 amide bonds. The third-order valence-corrected chi connectivity index (χ3v) is 4.44. The summed E-state index contributed by atoms with van der Waals surface area (Å²) in [5, 5.41) is 2.73. The van der Waals surface area contributed by atoms with Crippen molar-refractivity contribution >= 4 is 17.2 Å².